The van der Waals surface area contributed by atoms with Crippen molar-refractivity contribution in [3.05, 3.63) is 41.7 Å². The third-order valence-corrected chi connectivity index (χ3v) is 7.32. The van der Waals surface area contributed by atoms with E-state index in [0.717, 1.165) is 74.6 Å². The Morgan fingerprint density at radius 3 is 2.58 bits per heavy atom. The summed E-state index contributed by atoms with van der Waals surface area (Å²) in [4.78, 5) is 13.9. The molecule has 33 heavy (non-hydrogen) atoms. The largest absolute Gasteiger partial charge is 0.393 e. The molecule has 2 aromatic rings. The van der Waals surface area contributed by atoms with E-state index in [9.17, 15) is 13.9 Å². The molecule has 8 heteroatoms. The number of rotatable bonds is 4. The second-order valence-corrected chi connectivity index (χ2v) is 9.61. The first-order chi connectivity index (χ1) is 16.0. The van der Waals surface area contributed by atoms with Gasteiger partial charge in [-0.25, -0.2) is 23.7 Å². The molecule has 2 fully saturated rings. The minimum Gasteiger partial charge on any atom is -0.393 e. The molecule has 0 saturated heterocycles. The van der Waals surface area contributed by atoms with Gasteiger partial charge in [-0.2, -0.15) is 0 Å². The fourth-order valence-corrected chi connectivity index (χ4v) is 5.48. The highest BCUT2D eigenvalue weighted by Crippen LogP contribution is 2.38. The molecule has 3 N–H and O–H groups in total. The number of amidine groups is 1. The average Bonchev–Trinajstić information content (AvgIpc) is 3.27. The Morgan fingerprint density at radius 2 is 1.82 bits per heavy atom. The van der Waals surface area contributed by atoms with Gasteiger partial charge in [-0.05, 0) is 69.4 Å². The minimum atomic E-state index is -0.660. The second kappa shape index (κ2) is 9.71. The SMILES string of the molecule is OC1CCC(Nc2ncc3c(n2)CCC(C2CCCC2)C(=Nc2ccc(F)cc2F)N3)CC1. The van der Waals surface area contributed by atoms with Gasteiger partial charge in [-0.3, -0.25) is 0 Å². The van der Waals surface area contributed by atoms with Gasteiger partial charge < -0.3 is 15.7 Å². The minimum absolute atomic E-state index is 0.143. The van der Waals surface area contributed by atoms with Crippen LogP contribution in [0.25, 0.3) is 0 Å². The van der Waals surface area contributed by atoms with Gasteiger partial charge in [0.2, 0.25) is 5.95 Å². The van der Waals surface area contributed by atoms with Crippen molar-refractivity contribution in [2.75, 3.05) is 10.6 Å². The van der Waals surface area contributed by atoms with Crippen molar-refractivity contribution in [1.29, 1.82) is 0 Å². The number of anilines is 2. The van der Waals surface area contributed by atoms with Crippen LogP contribution in [0, 0.1) is 23.5 Å². The zero-order valence-corrected chi connectivity index (χ0v) is 18.7. The highest BCUT2D eigenvalue weighted by Gasteiger charge is 2.32. The molecule has 5 rings (SSSR count). The number of aliphatic imine (C=N–C) groups is 1. The molecule has 6 nitrogen and oxygen atoms in total. The Hall–Kier alpha value is -2.61. The van der Waals surface area contributed by atoms with Gasteiger partial charge >= 0.3 is 0 Å². The van der Waals surface area contributed by atoms with Crippen LogP contribution in [0.2, 0.25) is 0 Å². The van der Waals surface area contributed by atoms with Crippen molar-refractivity contribution in [2.24, 2.45) is 16.8 Å². The molecule has 2 aliphatic carbocycles. The van der Waals surface area contributed by atoms with Gasteiger partial charge in [0.1, 0.15) is 17.3 Å². The number of nitrogens with zero attached hydrogens (tertiary/aromatic N) is 3. The van der Waals surface area contributed by atoms with Gasteiger partial charge in [0.15, 0.2) is 5.82 Å². The van der Waals surface area contributed by atoms with E-state index in [1.54, 1.807) is 6.20 Å². The monoisotopic (exact) mass is 455 g/mol. The van der Waals surface area contributed by atoms with Crippen LogP contribution < -0.4 is 10.6 Å². The van der Waals surface area contributed by atoms with Crippen molar-refractivity contribution in [3.8, 4) is 0 Å². The maximum absolute atomic E-state index is 14.4. The lowest BCUT2D eigenvalue weighted by atomic mass is 9.86. The van der Waals surface area contributed by atoms with Gasteiger partial charge in [0, 0.05) is 18.0 Å². The summed E-state index contributed by atoms with van der Waals surface area (Å²) in [6.07, 6.45) is 11.3. The third kappa shape index (κ3) is 5.16. The van der Waals surface area contributed by atoms with E-state index < -0.39 is 11.6 Å². The average molecular weight is 456 g/mol. The van der Waals surface area contributed by atoms with E-state index in [1.807, 2.05) is 0 Å². The summed E-state index contributed by atoms with van der Waals surface area (Å²) in [7, 11) is 0. The van der Waals surface area contributed by atoms with Crippen molar-refractivity contribution in [3.63, 3.8) is 0 Å². The number of aliphatic hydroxyl groups excluding tert-OH is 1. The van der Waals surface area contributed by atoms with Crippen LogP contribution >= 0.6 is 0 Å². The normalized spacial score (nSPS) is 27.1. The lowest BCUT2D eigenvalue weighted by Gasteiger charge is -2.26. The van der Waals surface area contributed by atoms with Crippen LogP contribution in [0.5, 0.6) is 0 Å². The van der Waals surface area contributed by atoms with E-state index in [-0.39, 0.29) is 23.8 Å². The van der Waals surface area contributed by atoms with Gasteiger partial charge in [0.05, 0.1) is 23.7 Å². The van der Waals surface area contributed by atoms with E-state index in [0.29, 0.717) is 11.9 Å². The van der Waals surface area contributed by atoms with E-state index >= 15 is 0 Å². The van der Waals surface area contributed by atoms with E-state index in [2.05, 4.69) is 20.6 Å². The molecule has 0 radical (unpaired) electrons. The Bertz CT molecular complexity index is 1020. The topological polar surface area (TPSA) is 82.4 Å². The standard InChI is InChI=1S/C25H31F2N5O/c26-16-5-11-21(20(27)13-16)30-24-19(15-3-1-2-4-15)10-12-22-23(31-24)14-28-25(32-22)29-17-6-8-18(33)9-7-17/h5,11,13-15,17-19,33H,1-4,6-10,12H2,(H,30,31)(H,28,29,32). The number of nitrogens with one attached hydrogen (secondary N) is 2. The lowest BCUT2D eigenvalue weighted by molar-refractivity contribution is 0.126. The smallest absolute Gasteiger partial charge is 0.223 e. The highest BCUT2D eigenvalue weighted by molar-refractivity contribution is 6.00. The first-order valence-corrected chi connectivity index (χ1v) is 12.2. The maximum atomic E-state index is 14.4. The summed E-state index contributed by atoms with van der Waals surface area (Å²) < 4.78 is 27.8. The molecular weight excluding hydrogens is 424 g/mol. The summed E-state index contributed by atoms with van der Waals surface area (Å²) in [5.74, 6) is 0.725. The molecule has 0 amide bonds. The van der Waals surface area contributed by atoms with Crippen LogP contribution in [-0.2, 0) is 6.42 Å². The molecule has 3 aliphatic rings. The molecule has 2 saturated carbocycles. The first-order valence-electron chi connectivity index (χ1n) is 12.2. The fourth-order valence-electron chi connectivity index (χ4n) is 5.48. The predicted molar refractivity (Wildman–Crippen MR) is 125 cm³/mol. The maximum Gasteiger partial charge on any atom is 0.223 e. The molecule has 1 aromatic heterocycles. The molecule has 0 bridgehead atoms. The van der Waals surface area contributed by atoms with Gasteiger partial charge in [0.25, 0.3) is 0 Å². The Balaban J connectivity index is 1.41. The zero-order valence-electron chi connectivity index (χ0n) is 18.7. The summed E-state index contributed by atoms with van der Waals surface area (Å²) in [6, 6.07) is 3.78. The number of hydrogen-bond acceptors (Lipinski definition) is 5. The van der Waals surface area contributed by atoms with Crippen LogP contribution in [0.1, 0.15) is 63.5 Å². The number of fused-ring (bicyclic) bond motifs is 1. The van der Waals surface area contributed by atoms with Crippen molar-refractivity contribution >= 4 is 23.2 Å². The summed E-state index contributed by atoms with van der Waals surface area (Å²) in [6.45, 7) is 0. The molecule has 176 valence electrons. The Kier molecular flexibility index (Phi) is 6.53. The quantitative estimate of drug-likeness (QED) is 0.578. The van der Waals surface area contributed by atoms with Crippen LogP contribution in [0.15, 0.2) is 29.4 Å². The van der Waals surface area contributed by atoms with Crippen molar-refractivity contribution in [2.45, 2.75) is 76.4 Å². The molecule has 1 aliphatic heterocycles. The molecular formula is C25H31F2N5O. The number of hydrogen-bond donors (Lipinski definition) is 3. The number of halogens is 2. The van der Waals surface area contributed by atoms with Crippen LogP contribution in [0.3, 0.4) is 0 Å². The van der Waals surface area contributed by atoms with Gasteiger partial charge in [-0.1, -0.05) is 12.8 Å². The van der Waals surface area contributed by atoms with E-state index in [4.69, 9.17) is 4.98 Å². The molecule has 1 unspecified atom stereocenters. The highest BCUT2D eigenvalue weighted by atomic mass is 19.1. The van der Waals surface area contributed by atoms with Crippen LogP contribution in [-0.4, -0.2) is 33.1 Å². The zero-order chi connectivity index (χ0) is 22.8. The number of aromatic nitrogens is 2. The number of benzene rings is 1. The predicted octanol–water partition coefficient (Wildman–Crippen LogP) is 5.36. The number of aryl methyl sites for hydroxylation is 1. The molecule has 1 aromatic carbocycles. The lowest BCUT2D eigenvalue weighted by Crippen LogP contribution is -2.29. The third-order valence-electron chi connectivity index (χ3n) is 7.32. The Morgan fingerprint density at radius 1 is 1.03 bits per heavy atom. The van der Waals surface area contributed by atoms with Crippen molar-refractivity contribution < 1.29 is 13.9 Å². The fraction of sp³-hybridized carbons (Fsp3) is 0.560. The summed E-state index contributed by atoms with van der Waals surface area (Å²) >= 11 is 0. The summed E-state index contributed by atoms with van der Waals surface area (Å²) in [5.41, 5.74) is 1.86. The number of aliphatic hydroxyl groups is 1. The molecule has 0 spiro atoms. The van der Waals surface area contributed by atoms with Gasteiger partial charge in [-0.15, -0.1) is 0 Å². The van der Waals surface area contributed by atoms with Crippen molar-refractivity contribution in [1.82, 2.24) is 9.97 Å². The summed E-state index contributed by atoms with van der Waals surface area (Å²) in [5, 5.41) is 16.6. The molecule has 2 heterocycles. The molecule has 1 atom stereocenters. The first kappa shape index (κ1) is 22.2. The van der Waals surface area contributed by atoms with E-state index in [1.165, 1.54) is 25.0 Å². The second-order valence-electron chi connectivity index (χ2n) is 9.61. The Labute approximate surface area is 193 Å². The van der Waals surface area contributed by atoms with Crippen LogP contribution in [0.4, 0.5) is 26.1 Å².